The van der Waals surface area contributed by atoms with E-state index in [2.05, 4.69) is 10.4 Å². The highest BCUT2D eigenvalue weighted by atomic mass is 19.1. The van der Waals surface area contributed by atoms with E-state index in [9.17, 15) is 8.78 Å². The summed E-state index contributed by atoms with van der Waals surface area (Å²) in [7, 11) is 0. The van der Waals surface area contributed by atoms with Crippen LogP contribution in [0.15, 0.2) is 40.1 Å². The van der Waals surface area contributed by atoms with Crippen molar-refractivity contribution in [1.29, 1.82) is 0 Å². The molecule has 0 fully saturated rings. The van der Waals surface area contributed by atoms with E-state index >= 15 is 0 Å². The van der Waals surface area contributed by atoms with Gasteiger partial charge in [-0.25, -0.2) is 13.8 Å². The number of allylic oxidation sites excluding steroid dienone is 3. The van der Waals surface area contributed by atoms with Crippen LogP contribution < -0.4 is 11.3 Å². The summed E-state index contributed by atoms with van der Waals surface area (Å²) in [6, 6.07) is -0.0667. The summed E-state index contributed by atoms with van der Waals surface area (Å²) in [4.78, 5) is 4.08. The Labute approximate surface area is 104 Å². The number of dihydropyridines is 1. The van der Waals surface area contributed by atoms with E-state index in [1.54, 1.807) is 6.08 Å². The molecule has 18 heavy (non-hydrogen) atoms. The van der Waals surface area contributed by atoms with Gasteiger partial charge in [-0.15, -0.1) is 0 Å². The SMILES string of the molecule is CC1=CC(OC2=C(F)CCC=C2F)=NCC1NN. The molecule has 0 spiro atoms. The van der Waals surface area contributed by atoms with Crippen molar-refractivity contribution in [1.82, 2.24) is 5.43 Å². The number of rotatable bonds is 2. The first-order valence-electron chi connectivity index (χ1n) is 5.73. The summed E-state index contributed by atoms with van der Waals surface area (Å²) in [5.41, 5.74) is 3.50. The maximum Gasteiger partial charge on any atom is 0.215 e. The second-order valence-electron chi connectivity index (χ2n) is 4.21. The largest absolute Gasteiger partial charge is 0.434 e. The quantitative estimate of drug-likeness (QED) is 0.586. The summed E-state index contributed by atoms with van der Waals surface area (Å²) in [6.45, 7) is 2.23. The van der Waals surface area contributed by atoms with Crippen LogP contribution in [-0.2, 0) is 4.74 Å². The lowest BCUT2D eigenvalue weighted by Gasteiger charge is -2.21. The van der Waals surface area contributed by atoms with Crippen LogP contribution in [0, 0.1) is 0 Å². The smallest absolute Gasteiger partial charge is 0.215 e. The molecule has 3 N–H and O–H groups in total. The van der Waals surface area contributed by atoms with Crippen molar-refractivity contribution in [3.8, 4) is 0 Å². The van der Waals surface area contributed by atoms with Gasteiger partial charge < -0.3 is 4.74 Å². The Morgan fingerprint density at radius 1 is 1.50 bits per heavy atom. The second-order valence-corrected chi connectivity index (χ2v) is 4.21. The minimum absolute atomic E-state index is 0.0667. The van der Waals surface area contributed by atoms with Gasteiger partial charge >= 0.3 is 0 Å². The predicted molar refractivity (Wildman–Crippen MR) is 64.8 cm³/mol. The Balaban J connectivity index is 2.12. The molecule has 1 aliphatic carbocycles. The molecule has 2 rings (SSSR count). The van der Waals surface area contributed by atoms with Gasteiger partial charge in [0.15, 0.2) is 11.6 Å². The lowest BCUT2D eigenvalue weighted by atomic mass is 10.1. The maximum atomic E-state index is 13.5. The van der Waals surface area contributed by atoms with Gasteiger partial charge in [0.05, 0.1) is 12.6 Å². The monoisotopic (exact) mass is 255 g/mol. The molecule has 4 nitrogen and oxygen atoms in total. The Morgan fingerprint density at radius 2 is 2.28 bits per heavy atom. The minimum atomic E-state index is -0.674. The van der Waals surface area contributed by atoms with Crippen LogP contribution in [0.3, 0.4) is 0 Å². The molecule has 0 radical (unpaired) electrons. The fourth-order valence-corrected chi connectivity index (χ4v) is 1.78. The summed E-state index contributed by atoms with van der Waals surface area (Å²) in [6.07, 6.45) is 3.44. The number of nitrogens with one attached hydrogen (secondary N) is 1. The first-order chi connectivity index (χ1) is 8.61. The molecule has 1 atom stereocenters. The molecule has 1 aliphatic heterocycles. The average Bonchev–Trinajstić information content (AvgIpc) is 2.34. The van der Waals surface area contributed by atoms with Gasteiger partial charge in [-0.2, -0.15) is 0 Å². The molecular weight excluding hydrogens is 240 g/mol. The Kier molecular flexibility index (Phi) is 3.88. The molecule has 0 saturated heterocycles. The number of hydrazine groups is 1. The zero-order chi connectivity index (χ0) is 13.1. The van der Waals surface area contributed by atoms with E-state index in [1.165, 1.54) is 6.08 Å². The van der Waals surface area contributed by atoms with Gasteiger partial charge in [-0.05, 0) is 25.0 Å². The van der Waals surface area contributed by atoms with E-state index < -0.39 is 11.7 Å². The van der Waals surface area contributed by atoms with Crippen molar-refractivity contribution in [2.24, 2.45) is 10.8 Å². The molecule has 0 amide bonds. The van der Waals surface area contributed by atoms with Gasteiger partial charge in [-0.1, -0.05) is 0 Å². The summed E-state index contributed by atoms with van der Waals surface area (Å²) >= 11 is 0. The van der Waals surface area contributed by atoms with Crippen molar-refractivity contribution in [3.63, 3.8) is 0 Å². The Morgan fingerprint density at radius 3 is 2.89 bits per heavy atom. The minimum Gasteiger partial charge on any atom is -0.434 e. The predicted octanol–water partition coefficient (Wildman–Crippen LogP) is 2.02. The molecule has 0 saturated carbocycles. The van der Waals surface area contributed by atoms with Crippen molar-refractivity contribution in [2.75, 3.05) is 6.54 Å². The Hall–Kier alpha value is -1.53. The number of aliphatic imine (C=N–C) groups is 1. The Bertz CT molecular complexity index is 466. The number of hydrogen-bond donors (Lipinski definition) is 2. The molecule has 6 heteroatoms. The van der Waals surface area contributed by atoms with Crippen LogP contribution in [0.2, 0.25) is 0 Å². The summed E-state index contributed by atoms with van der Waals surface area (Å²) in [5, 5.41) is 0. The lowest BCUT2D eigenvalue weighted by Crippen LogP contribution is -2.40. The standard InChI is InChI=1S/C12H15F2N3O/c1-7-5-11(16-6-10(7)17-15)18-12-8(13)3-2-4-9(12)14/h3,5,10,17H,2,4,6,15H2,1H3. The number of hydrogen-bond acceptors (Lipinski definition) is 4. The van der Waals surface area contributed by atoms with E-state index in [0.717, 1.165) is 5.57 Å². The average molecular weight is 255 g/mol. The highest BCUT2D eigenvalue weighted by molar-refractivity contribution is 5.90. The van der Waals surface area contributed by atoms with Crippen LogP contribution >= 0.6 is 0 Å². The molecular formula is C12H15F2N3O. The van der Waals surface area contributed by atoms with Crippen molar-refractivity contribution < 1.29 is 13.5 Å². The number of nitrogens with zero attached hydrogens (tertiary/aromatic N) is 1. The van der Waals surface area contributed by atoms with Crippen LogP contribution in [0.5, 0.6) is 0 Å². The van der Waals surface area contributed by atoms with E-state index in [-0.39, 0.29) is 24.1 Å². The van der Waals surface area contributed by atoms with Crippen LogP contribution in [0.1, 0.15) is 19.8 Å². The lowest BCUT2D eigenvalue weighted by molar-refractivity contribution is 0.351. The third-order valence-electron chi connectivity index (χ3n) is 2.89. The molecule has 1 heterocycles. The second kappa shape index (κ2) is 5.41. The fraction of sp³-hybridized carbons (Fsp3) is 0.417. The number of halogens is 2. The van der Waals surface area contributed by atoms with Crippen molar-refractivity contribution in [2.45, 2.75) is 25.8 Å². The molecule has 98 valence electrons. The highest BCUT2D eigenvalue weighted by Crippen LogP contribution is 2.28. The number of nitrogens with two attached hydrogens (primary N) is 1. The zero-order valence-corrected chi connectivity index (χ0v) is 10.0. The third-order valence-corrected chi connectivity index (χ3v) is 2.89. The zero-order valence-electron chi connectivity index (χ0n) is 10.0. The van der Waals surface area contributed by atoms with E-state index in [1.807, 2.05) is 6.92 Å². The molecule has 0 aromatic heterocycles. The van der Waals surface area contributed by atoms with Gasteiger partial charge in [0.1, 0.15) is 5.83 Å². The van der Waals surface area contributed by atoms with Crippen molar-refractivity contribution >= 4 is 5.90 Å². The van der Waals surface area contributed by atoms with Gasteiger partial charge in [0.2, 0.25) is 5.90 Å². The molecule has 0 bridgehead atoms. The molecule has 2 aliphatic rings. The normalized spacial score (nSPS) is 24.4. The summed E-state index contributed by atoms with van der Waals surface area (Å²) < 4.78 is 32.1. The van der Waals surface area contributed by atoms with Crippen LogP contribution in [0.4, 0.5) is 8.78 Å². The first-order valence-corrected chi connectivity index (χ1v) is 5.73. The van der Waals surface area contributed by atoms with Crippen LogP contribution in [-0.4, -0.2) is 18.5 Å². The molecule has 0 aromatic rings. The molecule has 1 unspecified atom stereocenters. The first kappa shape index (κ1) is 12.9. The van der Waals surface area contributed by atoms with Crippen molar-refractivity contribution in [3.05, 3.63) is 35.1 Å². The topological polar surface area (TPSA) is 59.6 Å². The fourth-order valence-electron chi connectivity index (χ4n) is 1.78. The van der Waals surface area contributed by atoms with E-state index in [0.29, 0.717) is 13.0 Å². The van der Waals surface area contributed by atoms with Gasteiger partial charge in [0.25, 0.3) is 0 Å². The number of ether oxygens (including phenoxy) is 1. The van der Waals surface area contributed by atoms with Gasteiger partial charge in [-0.3, -0.25) is 11.3 Å². The van der Waals surface area contributed by atoms with Crippen LogP contribution in [0.25, 0.3) is 0 Å². The third kappa shape index (κ3) is 2.65. The maximum absolute atomic E-state index is 13.5. The molecule has 0 aromatic carbocycles. The highest BCUT2D eigenvalue weighted by Gasteiger charge is 2.22. The van der Waals surface area contributed by atoms with Gasteiger partial charge in [0, 0.05) is 12.5 Å². The summed E-state index contributed by atoms with van der Waals surface area (Å²) in [5.74, 6) is 3.92. The van der Waals surface area contributed by atoms with E-state index in [4.69, 9.17) is 10.6 Å².